The zero-order chi connectivity index (χ0) is 84.2. The summed E-state index contributed by atoms with van der Waals surface area (Å²) in [4.78, 5) is 213. The number of nitrogens with one attached hydrogen (secondary N) is 14. The first-order valence-electron chi connectivity index (χ1n) is 38.3. The molecule has 0 fully saturated rings. The van der Waals surface area contributed by atoms with Crippen LogP contribution in [0.15, 0.2) is 9.98 Å². The molecule has 0 unspecified atom stereocenters. The topological polar surface area (TPSA) is 631 Å². The predicted octanol–water partition coefficient (Wildman–Crippen LogP) is -3.92. The van der Waals surface area contributed by atoms with Crippen molar-refractivity contribution in [3.63, 3.8) is 0 Å². The smallest absolute Gasteiger partial charge is 0.243 e. The fourth-order valence-electron chi connectivity index (χ4n) is 11.3. The van der Waals surface area contributed by atoms with Crippen LogP contribution in [0.3, 0.4) is 0 Å². The summed E-state index contributed by atoms with van der Waals surface area (Å²) in [6.45, 7) is 26.3. The fourth-order valence-corrected chi connectivity index (χ4v) is 11.3. The average Bonchev–Trinajstić information content (AvgIpc) is 0.856. The van der Waals surface area contributed by atoms with Crippen molar-refractivity contribution in [3.8, 4) is 0 Å². The third kappa shape index (κ3) is 42.5. The minimum absolute atomic E-state index is 0.0180. The molecule has 0 spiro atoms. The first-order chi connectivity index (χ1) is 51.3. The Morgan fingerprint density at radius 3 is 0.827 bits per heavy atom. The van der Waals surface area contributed by atoms with E-state index in [1.165, 1.54) is 13.8 Å². The van der Waals surface area contributed by atoms with Crippen molar-refractivity contribution in [3.05, 3.63) is 0 Å². The second kappa shape index (κ2) is 53.4. The number of nitrogens with two attached hydrogens (primary N) is 7. The van der Waals surface area contributed by atoms with Gasteiger partial charge in [-0.1, -0.05) is 96.9 Å². The number of hydrogen-bond donors (Lipinski definition) is 21. The molecule has 0 rings (SSSR count). The van der Waals surface area contributed by atoms with Gasteiger partial charge >= 0.3 is 0 Å². The maximum atomic E-state index is 14.5. The maximum absolute atomic E-state index is 14.5. The van der Waals surface area contributed by atoms with Gasteiger partial charge in [0.15, 0.2) is 11.9 Å². The second-order valence-corrected chi connectivity index (χ2v) is 30.5. The van der Waals surface area contributed by atoms with Crippen LogP contribution in [0.1, 0.15) is 201 Å². The zero-order valence-electron chi connectivity index (χ0n) is 67.7. The first kappa shape index (κ1) is 101. The molecule has 38 heteroatoms. The molecule has 0 aromatic rings. The van der Waals surface area contributed by atoms with Gasteiger partial charge < -0.3 is 115 Å². The van der Waals surface area contributed by atoms with Gasteiger partial charge in [-0.25, -0.2) is 0 Å². The van der Waals surface area contributed by atoms with Gasteiger partial charge in [0.25, 0.3) is 0 Å². The average molecular weight is 1560 g/mol. The lowest BCUT2D eigenvalue weighted by molar-refractivity contribution is -0.136. The van der Waals surface area contributed by atoms with Crippen molar-refractivity contribution in [2.45, 2.75) is 273 Å². The number of unbranched alkanes of at least 4 members (excludes halogenated alkanes) is 2. The lowest BCUT2D eigenvalue weighted by Crippen LogP contribution is -2.61. The van der Waals surface area contributed by atoms with Gasteiger partial charge in [0, 0.05) is 20.0 Å². The quantitative estimate of drug-likeness (QED) is 0.0157. The molecule has 0 radical (unpaired) electrons. The Hall–Kier alpha value is -9.49. The summed E-state index contributed by atoms with van der Waals surface area (Å²) in [6, 6.07) is -14.7. The number of aliphatic imine (C=N–C) groups is 2. The Morgan fingerprint density at radius 2 is 0.545 bits per heavy atom. The molecular weight excluding hydrogens is 1430 g/mol. The molecule has 0 bridgehead atoms. The van der Waals surface area contributed by atoms with Crippen LogP contribution in [-0.4, -0.2) is 212 Å². The van der Waals surface area contributed by atoms with Crippen LogP contribution in [-0.2, 0) is 71.9 Å². The molecule has 12 atom stereocenters. The van der Waals surface area contributed by atoms with E-state index in [-0.39, 0.29) is 119 Å². The minimum atomic E-state index is -1.36. The Morgan fingerprint density at radius 1 is 0.291 bits per heavy atom. The maximum Gasteiger partial charge on any atom is 0.243 e. The lowest BCUT2D eigenvalue weighted by Gasteiger charge is -2.30. The van der Waals surface area contributed by atoms with Gasteiger partial charge in [0.2, 0.25) is 88.6 Å². The lowest BCUT2D eigenvalue weighted by atomic mass is 9.98. The number of nitrogens with zero attached hydrogens (tertiary/aromatic N) is 2. The van der Waals surface area contributed by atoms with E-state index < -0.39 is 192 Å². The molecule has 0 saturated carbocycles. The summed E-state index contributed by atoms with van der Waals surface area (Å²) in [5, 5.41) is 37.0. The third-order valence-electron chi connectivity index (χ3n) is 17.1. The summed E-state index contributed by atoms with van der Waals surface area (Å²) in [5.41, 5.74) is 38.9. The molecule has 628 valence electrons. The number of carbonyl (C=O) groups is 15. The highest BCUT2D eigenvalue weighted by atomic mass is 16.2. The Kier molecular flexibility index (Phi) is 48.8. The van der Waals surface area contributed by atoms with Crippen LogP contribution in [0.4, 0.5) is 0 Å². The highest BCUT2D eigenvalue weighted by Gasteiger charge is 2.38. The van der Waals surface area contributed by atoms with Crippen LogP contribution in [0.2, 0.25) is 0 Å². The summed E-state index contributed by atoms with van der Waals surface area (Å²) in [5.74, 6) is -14.1. The van der Waals surface area contributed by atoms with Crippen molar-refractivity contribution >= 4 is 101 Å². The standard InChI is InChI=1S/C72H135N23O15/c1-37(2)31-50(91-69(109)57(42(11)12)93-64(104)46(85-45(16)96)23-17-19-27-73)60(100)83-36-55(98)87-48(26-22-30-81-72(78)79)63(103)90-53(34-40(7)8)67(107)95-56(41(9)10)68(108)88-49(24-18-20-28-74)65(105)94-58(43(13)14)70(110)92-51(32-38(3)4)61(101)82-35-54(97)86-47(25-21-29-80-71(76)77)62(102)89-52(33-39(5)6)66(106)84-44(15)59(75)99/h37-44,46-53,56-58H,17-36,73-74H2,1-16H3,(H2,75,99)(H,82,101)(H,83,100)(H,84,106)(H,85,96)(H,86,97)(H,87,98)(H,88,108)(H,89,102)(H,90,103)(H,91,109)(H,92,110)(H,93,104)(H,94,105)(H,95,107)(H4,76,77,80)(H4,78,79,81)/t44-,46-,47-,48-,49-,50-,51-,52-,53-,56-,57-,58-/m0/s1. The molecule has 38 nitrogen and oxygen atoms in total. The van der Waals surface area contributed by atoms with Gasteiger partial charge in [-0.15, -0.1) is 0 Å². The van der Waals surface area contributed by atoms with Crippen molar-refractivity contribution in [2.75, 3.05) is 39.3 Å². The van der Waals surface area contributed by atoms with Crippen molar-refractivity contribution in [1.29, 1.82) is 0 Å². The normalized spacial score (nSPS) is 14.6. The van der Waals surface area contributed by atoms with Crippen molar-refractivity contribution in [2.24, 2.45) is 91.5 Å². The summed E-state index contributed by atoms with van der Waals surface area (Å²) in [7, 11) is 0. The Bertz CT molecular complexity index is 3050. The van der Waals surface area contributed by atoms with Crippen LogP contribution in [0.5, 0.6) is 0 Å². The number of amides is 15. The molecule has 0 aliphatic rings. The van der Waals surface area contributed by atoms with Gasteiger partial charge in [-0.05, 0) is 151 Å². The molecule has 110 heavy (non-hydrogen) atoms. The number of hydrogen-bond acceptors (Lipinski definition) is 19. The van der Waals surface area contributed by atoms with E-state index in [0.717, 1.165) is 0 Å². The van der Waals surface area contributed by atoms with E-state index in [1.807, 2.05) is 27.7 Å². The van der Waals surface area contributed by atoms with Crippen LogP contribution >= 0.6 is 0 Å². The van der Waals surface area contributed by atoms with Gasteiger partial charge in [0.1, 0.15) is 72.5 Å². The molecular formula is C72H135N23O15. The van der Waals surface area contributed by atoms with Gasteiger partial charge in [-0.3, -0.25) is 81.9 Å². The number of carbonyl (C=O) groups excluding carboxylic acids is 15. The molecule has 0 aliphatic heterocycles. The van der Waals surface area contributed by atoms with Crippen LogP contribution in [0, 0.1) is 41.4 Å². The van der Waals surface area contributed by atoms with Crippen LogP contribution in [0.25, 0.3) is 0 Å². The van der Waals surface area contributed by atoms with Gasteiger partial charge in [-0.2, -0.15) is 0 Å². The molecule has 0 heterocycles. The summed E-state index contributed by atoms with van der Waals surface area (Å²) < 4.78 is 0. The molecule has 0 aliphatic carbocycles. The highest BCUT2D eigenvalue weighted by molar-refractivity contribution is 6.00. The fraction of sp³-hybridized carbons (Fsp3) is 0.764. The molecule has 0 aromatic heterocycles. The Balaban J connectivity index is 6.81. The van der Waals surface area contributed by atoms with Gasteiger partial charge in [0.05, 0.1) is 13.1 Å². The van der Waals surface area contributed by atoms with E-state index in [9.17, 15) is 71.9 Å². The van der Waals surface area contributed by atoms with E-state index in [0.29, 0.717) is 32.2 Å². The molecule has 0 saturated heterocycles. The third-order valence-corrected chi connectivity index (χ3v) is 17.1. The summed E-state index contributed by atoms with van der Waals surface area (Å²) >= 11 is 0. The van der Waals surface area contributed by atoms with E-state index in [1.54, 1.807) is 69.2 Å². The molecule has 28 N–H and O–H groups in total. The monoisotopic (exact) mass is 1560 g/mol. The second-order valence-electron chi connectivity index (χ2n) is 30.5. The SMILES string of the molecule is CC(=O)N[C@@H](CCCCN)C(=O)N[C@H](C(=O)N[C@@H](CC(C)C)C(=O)NCC(=O)N[C@@H](CCCN=C(N)N)C(=O)N[C@@H](CC(C)C)C(=O)N[C@H](C(=O)N[C@@H](CCCCN)C(=O)N[C@H](C(=O)N[C@@H](CC(C)C)C(=O)NCC(=O)N[C@@H](CCCN=C(N)N)C(=O)N[C@@H](CC(C)C)C(=O)N[C@@H](C)C(N)=O)C(C)C)C(C)C)C(C)C. The number of rotatable bonds is 55. The first-order valence-corrected chi connectivity index (χ1v) is 38.3. The largest absolute Gasteiger partial charge is 0.370 e. The molecule has 0 aromatic carbocycles. The van der Waals surface area contributed by atoms with E-state index >= 15 is 0 Å². The van der Waals surface area contributed by atoms with Crippen LogP contribution < -0.4 is 115 Å². The summed E-state index contributed by atoms with van der Waals surface area (Å²) in [6.07, 6.45) is 2.73. The highest BCUT2D eigenvalue weighted by Crippen LogP contribution is 2.16. The Labute approximate surface area is 648 Å². The minimum Gasteiger partial charge on any atom is -0.370 e. The van der Waals surface area contributed by atoms with E-state index in [4.69, 9.17) is 40.1 Å². The number of guanidine groups is 2. The van der Waals surface area contributed by atoms with E-state index in [2.05, 4.69) is 84.4 Å². The number of primary amides is 1. The molecule has 15 amide bonds. The van der Waals surface area contributed by atoms with Crippen molar-refractivity contribution < 1.29 is 71.9 Å². The van der Waals surface area contributed by atoms with Crippen molar-refractivity contribution in [1.82, 2.24) is 74.4 Å². The predicted molar refractivity (Wildman–Crippen MR) is 418 cm³/mol. The zero-order valence-corrected chi connectivity index (χ0v) is 67.7.